The third-order valence-electron chi connectivity index (χ3n) is 13.0. The molecule has 0 unspecified atom stereocenters. The molecule has 5 aliphatic rings. The first-order valence-electron chi connectivity index (χ1n) is 13.5. The molecular formula is C30H48O2. The third-order valence-corrected chi connectivity index (χ3v) is 13.0. The van der Waals surface area contributed by atoms with Crippen LogP contribution in [0.5, 0.6) is 0 Å². The number of hydrogen-bond donors (Lipinski definition) is 2. The van der Waals surface area contributed by atoms with E-state index in [0.717, 1.165) is 19.3 Å². The predicted octanol–water partition coefficient (Wildman–Crippen LogP) is 6.77. The molecule has 0 radical (unpaired) electrons. The zero-order valence-corrected chi connectivity index (χ0v) is 21.6. The molecule has 0 spiro atoms. The van der Waals surface area contributed by atoms with Crippen molar-refractivity contribution in [1.82, 2.24) is 0 Å². The van der Waals surface area contributed by atoms with Gasteiger partial charge in [-0.3, -0.25) is 0 Å². The van der Waals surface area contributed by atoms with Crippen LogP contribution in [0.1, 0.15) is 92.9 Å². The molecule has 0 aromatic heterocycles. The van der Waals surface area contributed by atoms with Gasteiger partial charge in [-0.25, -0.2) is 0 Å². The van der Waals surface area contributed by atoms with Gasteiger partial charge < -0.3 is 10.2 Å². The van der Waals surface area contributed by atoms with Crippen molar-refractivity contribution in [2.24, 2.45) is 56.7 Å². The quantitative estimate of drug-likeness (QED) is 0.465. The number of rotatable bonds is 2. The molecule has 4 fully saturated rings. The Bertz CT molecular complexity index is 827. The van der Waals surface area contributed by atoms with Crippen molar-refractivity contribution in [3.8, 4) is 0 Å². The van der Waals surface area contributed by atoms with Gasteiger partial charge in [-0.15, -0.1) is 0 Å². The average Bonchev–Trinajstić information content (AvgIpc) is 3.12. The van der Waals surface area contributed by atoms with Crippen LogP contribution in [0.2, 0.25) is 0 Å². The van der Waals surface area contributed by atoms with Gasteiger partial charge in [0.1, 0.15) is 0 Å². The van der Waals surface area contributed by atoms with E-state index in [1.807, 2.05) is 0 Å². The van der Waals surface area contributed by atoms with E-state index >= 15 is 0 Å². The van der Waals surface area contributed by atoms with Gasteiger partial charge in [-0.05, 0) is 115 Å². The van der Waals surface area contributed by atoms with Crippen molar-refractivity contribution >= 4 is 0 Å². The molecule has 0 bridgehead atoms. The highest BCUT2D eigenvalue weighted by Crippen LogP contribution is 2.75. The first-order chi connectivity index (χ1) is 14.9. The molecule has 4 saturated carbocycles. The van der Waals surface area contributed by atoms with Gasteiger partial charge in [0, 0.05) is 6.61 Å². The molecule has 0 aromatic rings. The van der Waals surface area contributed by atoms with Crippen molar-refractivity contribution in [3.63, 3.8) is 0 Å². The Morgan fingerprint density at radius 3 is 2.28 bits per heavy atom. The summed E-state index contributed by atoms with van der Waals surface area (Å²) in [4.78, 5) is 0. The van der Waals surface area contributed by atoms with Gasteiger partial charge >= 0.3 is 0 Å². The number of aliphatic hydroxyl groups is 2. The molecule has 10 atom stereocenters. The maximum atomic E-state index is 10.9. The third kappa shape index (κ3) is 2.61. The van der Waals surface area contributed by atoms with E-state index < -0.39 is 0 Å². The topological polar surface area (TPSA) is 40.5 Å². The minimum absolute atomic E-state index is 0.00493. The molecular weight excluding hydrogens is 392 g/mol. The average molecular weight is 441 g/mol. The zero-order chi connectivity index (χ0) is 23.3. The van der Waals surface area contributed by atoms with E-state index in [0.29, 0.717) is 36.2 Å². The molecule has 0 amide bonds. The summed E-state index contributed by atoms with van der Waals surface area (Å²) in [5.74, 6) is 2.78. The summed E-state index contributed by atoms with van der Waals surface area (Å²) in [6, 6.07) is 0. The molecule has 0 saturated heterocycles. The van der Waals surface area contributed by atoms with Crippen molar-refractivity contribution < 1.29 is 10.2 Å². The van der Waals surface area contributed by atoms with E-state index in [-0.39, 0.29) is 33.2 Å². The molecule has 2 nitrogen and oxygen atoms in total. The van der Waals surface area contributed by atoms with Crippen molar-refractivity contribution in [2.45, 2.75) is 99.0 Å². The van der Waals surface area contributed by atoms with E-state index in [9.17, 15) is 10.2 Å². The van der Waals surface area contributed by atoms with E-state index in [1.54, 1.807) is 0 Å². The highest BCUT2D eigenvalue weighted by Gasteiger charge is 2.69. The second-order valence-electron chi connectivity index (χ2n) is 14.2. The van der Waals surface area contributed by atoms with Gasteiger partial charge in [-0.2, -0.15) is 0 Å². The van der Waals surface area contributed by atoms with Crippen molar-refractivity contribution in [2.75, 3.05) is 6.61 Å². The summed E-state index contributed by atoms with van der Waals surface area (Å²) in [7, 11) is 0. The Hall–Kier alpha value is -0.600. The fourth-order valence-electron chi connectivity index (χ4n) is 10.8. The number of fused-ring (bicyclic) bond motifs is 7. The van der Waals surface area contributed by atoms with Gasteiger partial charge in [0.25, 0.3) is 0 Å². The summed E-state index contributed by atoms with van der Waals surface area (Å²) in [5.41, 5.74) is 2.22. The number of allylic oxidation sites excluding steroid dienone is 3. The molecule has 2 heteroatoms. The number of aliphatic hydroxyl groups excluding tert-OH is 2. The molecule has 5 rings (SSSR count). The van der Waals surface area contributed by atoms with Crippen LogP contribution in [0.15, 0.2) is 24.3 Å². The lowest BCUT2D eigenvalue weighted by atomic mass is 9.33. The Balaban J connectivity index is 1.60. The highest BCUT2D eigenvalue weighted by atomic mass is 16.3. The van der Waals surface area contributed by atoms with Gasteiger partial charge in [0.2, 0.25) is 0 Å². The van der Waals surface area contributed by atoms with Crippen molar-refractivity contribution in [1.29, 1.82) is 0 Å². The van der Waals surface area contributed by atoms with Crippen molar-refractivity contribution in [3.05, 3.63) is 24.3 Å². The molecule has 0 aromatic carbocycles. The fraction of sp³-hybridized carbons (Fsp3) is 0.867. The largest absolute Gasteiger partial charge is 0.396 e. The van der Waals surface area contributed by atoms with E-state index in [2.05, 4.69) is 60.3 Å². The first kappa shape index (κ1) is 23.2. The molecule has 180 valence electrons. The lowest BCUT2D eigenvalue weighted by Crippen LogP contribution is -2.65. The summed E-state index contributed by atoms with van der Waals surface area (Å²) in [5, 5.41) is 21.5. The van der Waals surface area contributed by atoms with Crippen LogP contribution in [0.4, 0.5) is 0 Å². The lowest BCUT2D eigenvalue weighted by molar-refractivity contribution is -0.213. The van der Waals surface area contributed by atoms with Crippen LogP contribution >= 0.6 is 0 Å². The minimum Gasteiger partial charge on any atom is -0.396 e. The minimum atomic E-state index is -0.171. The predicted molar refractivity (Wildman–Crippen MR) is 132 cm³/mol. The fourth-order valence-corrected chi connectivity index (χ4v) is 10.8. The Labute approximate surface area is 197 Å². The monoisotopic (exact) mass is 440 g/mol. The van der Waals surface area contributed by atoms with E-state index in [4.69, 9.17) is 0 Å². The van der Waals surface area contributed by atoms with Crippen LogP contribution < -0.4 is 0 Å². The van der Waals surface area contributed by atoms with E-state index in [1.165, 1.54) is 37.7 Å². The van der Waals surface area contributed by atoms with Crippen LogP contribution in [0.25, 0.3) is 0 Å². The Morgan fingerprint density at radius 1 is 0.906 bits per heavy atom. The molecule has 0 heterocycles. The highest BCUT2D eigenvalue weighted by molar-refractivity contribution is 5.28. The lowest BCUT2D eigenvalue weighted by Gasteiger charge is -2.71. The summed E-state index contributed by atoms with van der Waals surface area (Å²) >= 11 is 0. The maximum absolute atomic E-state index is 10.9. The summed E-state index contributed by atoms with van der Waals surface area (Å²) in [6.45, 7) is 19.4. The van der Waals surface area contributed by atoms with Crippen LogP contribution in [0, 0.1) is 56.7 Å². The van der Waals surface area contributed by atoms with Crippen LogP contribution in [-0.4, -0.2) is 22.9 Å². The van der Waals surface area contributed by atoms with Gasteiger partial charge in [-0.1, -0.05) is 58.9 Å². The maximum Gasteiger partial charge on any atom is 0.0594 e. The van der Waals surface area contributed by atoms with Crippen LogP contribution in [0.3, 0.4) is 0 Å². The normalized spacial score (nSPS) is 56.0. The van der Waals surface area contributed by atoms with Gasteiger partial charge in [0.15, 0.2) is 0 Å². The molecule has 32 heavy (non-hydrogen) atoms. The summed E-state index contributed by atoms with van der Waals surface area (Å²) < 4.78 is 0. The van der Waals surface area contributed by atoms with Crippen LogP contribution in [-0.2, 0) is 0 Å². The second kappa shape index (κ2) is 6.97. The molecule has 0 aliphatic heterocycles. The molecule has 2 N–H and O–H groups in total. The Kier molecular flexibility index (Phi) is 5.04. The second-order valence-corrected chi connectivity index (χ2v) is 14.2. The Morgan fingerprint density at radius 2 is 1.62 bits per heavy atom. The van der Waals surface area contributed by atoms with Gasteiger partial charge in [0.05, 0.1) is 6.10 Å². The SMILES string of the molecule is C=C(C)[C@@H]1CC[C@]2(CO)CC[C@]3(C)[C@H](C=C[C@@H]4[C@@]5(C)CC[C@H](O)C(C)(C)[C@H]5CC[C@]43C)[C@@H]12. The zero-order valence-electron chi connectivity index (χ0n) is 21.6. The number of hydrogen-bond acceptors (Lipinski definition) is 2. The standard InChI is InChI=1S/C30H48O2/c1-19(2)20-10-15-30(18-31)17-16-28(6)21(25(20)30)8-9-23-27(5)13-12-24(32)26(3,4)22(27)11-14-29(23,28)7/h8-9,20-25,31-32H,1,10-18H2,2-7H3/t20-,21+,22+,23+,24-,25+,27-,28+,29+,30+/m0/s1. The molecule has 5 aliphatic carbocycles. The summed E-state index contributed by atoms with van der Waals surface area (Å²) in [6.07, 6.45) is 14.5. The first-order valence-corrected chi connectivity index (χ1v) is 13.5. The smallest absolute Gasteiger partial charge is 0.0594 e.